The van der Waals surface area contributed by atoms with E-state index in [2.05, 4.69) is 5.32 Å². The second-order valence-corrected chi connectivity index (χ2v) is 6.25. The van der Waals surface area contributed by atoms with Crippen LogP contribution in [0.2, 0.25) is 0 Å². The number of nitrogens with zero attached hydrogens (tertiary/aromatic N) is 1. The minimum absolute atomic E-state index is 0.117. The van der Waals surface area contributed by atoms with Crippen molar-refractivity contribution in [3.05, 3.63) is 53.6 Å². The molecule has 0 spiro atoms. The maximum atomic E-state index is 12.4. The summed E-state index contributed by atoms with van der Waals surface area (Å²) in [4.78, 5) is 38.6. The van der Waals surface area contributed by atoms with Crippen LogP contribution in [0.3, 0.4) is 0 Å². The second-order valence-electron chi connectivity index (χ2n) is 6.25. The molecule has 0 saturated carbocycles. The van der Waals surface area contributed by atoms with Crippen molar-refractivity contribution < 1.29 is 28.6 Å². The maximum Gasteiger partial charge on any atom is 0.342 e. The number of carbonyl (C=O) groups is 3. The molecule has 8 nitrogen and oxygen atoms in total. The molecule has 160 valence electrons. The number of rotatable bonds is 9. The number of amides is 2. The van der Waals surface area contributed by atoms with Crippen molar-refractivity contribution in [2.24, 2.45) is 0 Å². The maximum absolute atomic E-state index is 12.4. The first-order chi connectivity index (χ1) is 14.4. The number of nitrogens with one attached hydrogen (secondary N) is 1. The van der Waals surface area contributed by atoms with Crippen LogP contribution < -0.4 is 14.8 Å². The standard InChI is InChI=1S/C22H26N2O6/c1-5-24(6-2)21(26)15-8-7-9-16(12-15)23-20(25)14-30-22(27)18-11-10-17(28-3)13-19(18)29-4/h7-13H,5-6,14H2,1-4H3,(H,23,25). The zero-order valence-corrected chi connectivity index (χ0v) is 17.6. The molecule has 0 aliphatic heterocycles. The van der Waals surface area contributed by atoms with Crippen LogP contribution in [0, 0.1) is 0 Å². The fraction of sp³-hybridized carbons (Fsp3) is 0.318. The van der Waals surface area contributed by atoms with Crippen molar-refractivity contribution in [1.29, 1.82) is 0 Å². The number of anilines is 1. The highest BCUT2D eigenvalue weighted by atomic mass is 16.5. The molecule has 8 heteroatoms. The lowest BCUT2D eigenvalue weighted by atomic mass is 10.1. The molecule has 0 bridgehead atoms. The average molecular weight is 414 g/mol. The van der Waals surface area contributed by atoms with Crippen molar-refractivity contribution in [3.63, 3.8) is 0 Å². The number of carbonyl (C=O) groups excluding carboxylic acids is 3. The van der Waals surface area contributed by atoms with Crippen molar-refractivity contribution in [1.82, 2.24) is 4.90 Å². The van der Waals surface area contributed by atoms with Crippen molar-refractivity contribution >= 4 is 23.5 Å². The Hall–Kier alpha value is -3.55. The molecule has 0 saturated heterocycles. The molecule has 0 aromatic heterocycles. The summed E-state index contributed by atoms with van der Waals surface area (Å²) in [6.45, 7) is 4.51. The molecular formula is C22H26N2O6. The van der Waals surface area contributed by atoms with Crippen LogP contribution in [0.15, 0.2) is 42.5 Å². The molecule has 0 radical (unpaired) electrons. The fourth-order valence-electron chi connectivity index (χ4n) is 2.80. The Morgan fingerprint density at radius 3 is 2.33 bits per heavy atom. The molecule has 0 aliphatic rings. The highest BCUT2D eigenvalue weighted by molar-refractivity contribution is 5.99. The summed E-state index contributed by atoms with van der Waals surface area (Å²) >= 11 is 0. The molecule has 0 atom stereocenters. The van der Waals surface area contributed by atoms with Crippen LogP contribution in [0.4, 0.5) is 5.69 Å². The van der Waals surface area contributed by atoms with E-state index in [1.165, 1.54) is 20.3 Å². The molecule has 2 aromatic carbocycles. The normalized spacial score (nSPS) is 10.1. The first kappa shape index (κ1) is 22.7. The molecule has 2 aromatic rings. The molecule has 2 amide bonds. The Balaban J connectivity index is 1.99. The van der Waals surface area contributed by atoms with Gasteiger partial charge in [-0.15, -0.1) is 0 Å². The first-order valence-electron chi connectivity index (χ1n) is 9.51. The van der Waals surface area contributed by atoms with Crippen LogP contribution in [-0.4, -0.2) is 56.6 Å². The highest BCUT2D eigenvalue weighted by Crippen LogP contribution is 2.25. The molecule has 0 unspecified atom stereocenters. The third-order valence-electron chi connectivity index (χ3n) is 4.41. The van der Waals surface area contributed by atoms with E-state index in [0.717, 1.165) is 0 Å². The number of methoxy groups -OCH3 is 2. The van der Waals surface area contributed by atoms with Crippen LogP contribution in [0.25, 0.3) is 0 Å². The SMILES string of the molecule is CCN(CC)C(=O)c1cccc(NC(=O)COC(=O)c2ccc(OC)cc2OC)c1. The van der Waals surface area contributed by atoms with E-state index in [1.54, 1.807) is 41.3 Å². The van der Waals surface area contributed by atoms with E-state index in [9.17, 15) is 14.4 Å². The van der Waals surface area contributed by atoms with Gasteiger partial charge >= 0.3 is 5.97 Å². The predicted octanol–water partition coefficient (Wildman–Crippen LogP) is 2.98. The van der Waals surface area contributed by atoms with Crippen molar-refractivity contribution in [2.45, 2.75) is 13.8 Å². The van der Waals surface area contributed by atoms with Gasteiger partial charge in [0.15, 0.2) is 6.61 Å². The highest BCUT2D eigenvalue weighted by Gasteiger charge is 2.17. The van der Waals surface area contributed by atoms with Crippen molar-refractivity contribution in [2.75, 3.05) is 39.2 Å². The number of hydrogen-bond acceptors (Lipinski definition) is 6. The summed E-state index contributed by atoms with van der Waals surface area (Å²) in [6, 6.07) is 11.3. The summed E-state index contributed by atoms with van der Waals surface area (Å²) in [7, 11) is 2.92. The quantitative estimate of drug-likeness (QED) is 0.634. The zero-order valence-electron chi connectivity index (χ0n) is 17.6. The van der Waals surface area contributed by atoms with Gasteiger partial charge in [0.25, 0.3) is 11.8 Å². The van der Waals surface area contributed by atoms with E-state index in [4.69, 9.17) is 14.2 Å². The Labute approximate surface area is 175 Å². The third-order valence-corrected chi connectivity index (χ3v) is 4.41. The van der Waals surface area contributed by atoms with Crippen LogP contribution >= 0.6 is 0 Å². The number of benzene rings is 2. The van der Waals surface area contributed by atoms with E-state index in [0.29, 0.717) is 30.1 Å². The smallest absolute Gasteiger partial charge is 0.342 e. The zero-order chi connectivity index (χ0) is 22.1. The van der Waals surface area contributed by atoms with Gasteiger partial charge in [-0.3, -0.25) is 9.59 Å². The minimum atomic E-state index is -0.699. The number of hydrogen-bond donors (Lipinski definition) is 1. The topological polar surface area (TPSA) is 94.2 Å². The van der Waals surface area contributed by atoms with E-state index < -0.39 is 18.5 Å². The molecular weight excluding hydrogens is 388 g/mol. The molecule has 0 fully saturated rings. The Morgan fingerprint density at radius 2 is 1.70 bits per heavy atom. The monoisotopic (exact) mass is 414 g/mol. The molecule has 2 rings (SSSR count). The summed E-state index contributed by atoms with van der Waals surface area (Å²) in [6.07, 6.45) is 0. The molecule has 1 N–H and O–H groups in total. The van der Waals surface area contributed by atoms with E-state index in [1.807, 2.05) is 13.8 Å². The third kappa shape index (κ3) is 5.73. The Morgan fingerprint density at radius 1 is 0.967 bits per heavy atom. The van der Waals surface area contributed by atoms with Gasteiger partial charge in [-0.25, -0.2) is 4.79 Å². The Kier molecular flexibility index (Phi) is 8.22. The lowest BCUT2D eigenvalue weighted by Gasteiger charge is -2.19. The lowest BCUT2D eigenvalue weighted by molar-refractivity contribution is -0.119. The minimum Gasteiger partial charge on any atom is -0.497 e. The van der Waals surface area contributed by atoms with E-state index in [-0.39, 0.29) is 17.2 Å². The summed E-state index contributed by atoms with van der Waals surface area (Å²) in [5.41, 5.74) is 1.09. The van der Waals surface area contributed by atoms with Gasteiger partial charge in [-0.2, -0.15) is 0 Å². The Bertz CT molecular complexity index is 908. The fourth-order valence-corrected chi connectivity index (χ4v) is 2.80. The van der Waals surface area contributed by atoms with Crippen molar-refractivity contribution in [3.8, 4) is 11.5 Å². The average Bonchev–Trinajstić information content (AvgIpc) is 2.77. The number of esters is 1. The predicted molar refractivity (Wildman–Crippen MR) is 112 cm³/mol. The van der Waals surface area contributed by atoms with E-state index >= 15 is 0 Å². The second kappa shape index (κ2) is 10.8. The van der Waals surface area contributed by atoms with Crippen LogP contribution in [-0.2, 0) is 9.53 Å². The summed E-state index contributed by atoms with van der Waals surface area (Å²) < 4.78 is 15.3. The van der Waals surface area contributed by atoms with Gasteiger partial charge in [0.05, 0.1) is 14.2 Å². The van der Waals surface area contributed by atoms with Crippen LogP contribution in [0.1, 0.15) is 34.6 Å². The lowest BCUT2D eigenvalue weighted by Crippen LogP contribution is -2.30. The molecule has 0 heterocycles. The summed E-state index contributed by atoms with van der Waals surface area (Å²) in [5, 5.41) is 2.63. The van der Waals surface area contributed by atoms with Gasteiger partial charge in [-0.05, 0) is 44.2 Å². The van der Waals surface area contributed by atoms with Gasteiger partial charge in [0, 0.05) is 30.4 Å². The largest absolute Gasteiger partial charge is 0.497 e. The first-order valence-corrected chi connectivity index (χ1v) is 9.51. The van der Waals surface area contributed by atoms with Crippen LogP contribution in [0.5, 0.6) is 11.5 Å². The van der Waals surface area contributed by atoms with Gasteiger partial charge in [-0.1, -0.05) is 6.07 Å². The van der Waals surface area contributed by atoms with Gasteiger partial charge in [0.2, 0.25) is 0 Å². The van der Waals surface area contributed by atoms with Gasteiger partial charge in [0.1, 0.15) is 17.1 Å². The molecule has 30 heavy (non-hydrogen) atoms. The summed E-state index contributed by atoms with van der Waals surface area (Å²) in [5.74, 6) is -0.532. The number of ether oxygens (including phenoxy) is 3. The van der Waals surface area contributed by atoms with Gasteiger partial charge < -0.3 is 24.4 Å². The molecule has 0 aliphatic carbocycles.